The van der Waals surface area contributed by atoms with Gasteiger partial charge in [-0.3, -0.25) is 4.57 Å². The van der Waals surface area contributed by atoms with Crippen molar-refractivity contribution in [2.45, 2.75) is 53.1 Å². The molecule has 1 aliphatic rings. The first-order chi connectivity index (χ1) is 42.9. The molecule has 1 aliphatic heterocycles. The van der Waals surface area contributed by atoms with Crippen LogP contribution in [0.2, 0.25) is 0 Å². The van der Waals surface area contributed by atoms with Crippen LogP contribution in [-0.4, -0.2) is 22.2 Å². The normalized spacial score (nSPS) is 13.1. The number of pyridine rings is 1. The smallest absolute Gasteiger partial charge is 0.179 e. The number of hydrogen-bond donors (Lipinski definition) is 0. The molecule has 14 aromatic rings. The summed E-state index contributed by atoms with van der Waals surface area (Å²) in [6.45, 7) is 11.4. The third kappa shape index (κ3) is 8.94. The summed E-state index contributed by atoms with van der Waals surface area (Å²) in [5, 5.41) is 14.6. The van der Waals surface area contributed by atoms with E-state index < -0.39 is 14.4 Å². The molecule has 6 heteroatoms. The highest BCUT2D eigenvalue weighted by molar-refractivity contribution is 7.20. The molecule has 0 aliphatic carbocycles. The Morgan fingerprint density at radius 2 is 1.02 bits per heavy atom. The second kappa shape index (κ2) is 21.2. The Labute approximate surface area is 506 Å². The number of hydrogen-bond acceptors (Lipinski definition) is 3. The van der Waals surface area contributed by atoms with E-state index in [4.69, 9.17) is 12.5 Å². The number of rotatable bonds is 11. The van der Waals surface area contributed by atoms with Gasteiger partial charge in [-0.2, -0.15) is 0 Å². The van der Waals surface area contributed by atoms with Crippen molar-refractivity contribution >= 4 is 105 Å². The first-order valence-electron chi connectivity index (χ1n) is 31.0. The SMILES string of the molecule is [2H]C([2H])(c1ccnc(-n2c3ccccc3c3ccc(Oc4cccc(N5Cn6c7c(-c8cc(C(C)(C)C)cc([Si](c9ccccc9)(c9ccccc9)c9ccccc9)c8)cccc7c7ccccc7c7ccccc7c7cccc5c76)c4)cc32)c1)C(C)C. The van der Waals surface area contributed by atoms with Crippen molar-refractivity contribution in [3.05, 3.63) is 290 Å². The maximum absolute atomic E-state index is 8.98. The van der Waals surface area contributed by atoms with Crippen molar-refractivity contribution in [2.75, 3.05) is 4.90 Å². The largest absolute Gasteiger partial charge is 0.457 e. The molecule has 3 aromatic heterocycles. The number of fused-ring (bicyclic) bond motifs is 10. The van der Waals surface area contributed by atoms with Crippen LogP contribution in [0.1, 0.15) is 48.5 Å². The molecule has 5 nitrogen and oxygen atoms in total. The molecule has 0 spiro atoms. The molecule has 0 amide bonds. The number of aromatic nitrogens is 3. The first kappa shape index (κ1) is 50.5. The molecule has 86 heavy (non-hydrogen) atoms. The lowest BCUT2D eigenvalue weighted by molar-refractivity contribution is 0.483. The maximum atomic E-state index is 8.98. The minimum atomic E-state index is -3.00. The highest BCUT2D eigenvalue weighted by Gasteiger charge is 2.42. The van der Waals surface area contributed by atoms with E-state index in [0.29, 0.717) is 29.5 Å². The second-order valence-corrected chi connectivity index (χ2v) is 28.0. The molecule has 0 unspecified atom stereocenters. The lowest BCUT2D eigenvalue weighted by atomic mass is 9.85. The Balaban J connectivity index is 0.943. The van der Waals surface area contributed by atoms with Crippen molar-refractivity contribution in [2.24, 2.45) is 5.92 Å². The van der Waals surface area contributed by atoms with Gasteiger partial charge in [-0.25, -0.2) is 4.98 Å². The van der Waals surface area contributed by atoms with Crippen LogP contribution in [0.15, 0.2) is 279 Å². The fraction of sp³-hybridized carbons (Fsp3) is 0.113. The number of anilines is 2. The number of ether oxygens (including phenoxy) is 1. The topological polar surface area (TPSA) is 35.2 Å². The van der Waals surface area contributed by atoms with E-state index in [9.17, 15) is 0 Å². The first-order valence-corrected chi connectivity index (χ1v) is 32.0. The molecule has 0 fully saturated rings. The van der Waals surface area contributed by atoms with Gasteiger partial charge in [0.1, 0.15) is 24.0 Å². The Morgan fingerprint density at radius 1 is 0.477 bits per heavy atom. The summed E-state index contributed by atoms with van der Waals surface area (Å²) < 4.78 is 29.7. The third-order valence-electron chi connectivity index (χ3n) is 17.5. The zero-order chi connectivity index (χ0) is 59.9. The van der Waals surface area contributed by atoms with Gasteiger partial charge in [0.05, 0.1) is 27.8 Å². The molecule has 0 atom stereocenters. The minimum absolute atomic E-state index is 0.194. The van der Waals surface area contributed by atoms with Crippen LogP contribution in [0.4, 0.5) is 11.4 Å². The molecular weight excluding hydrogens is 1060 g/mol. The molecule has 0 saturated heterocycles. The number of nitrogens with zero attached hydrogens (tertiary/aromatic N) is 4. The van der Waals surface area contributed by atoms with E-state index >= 15 is 0 Å². The monoisotopic (exact) mass is 1130 g/mol. The van der Waals surface area contributed by atoms with Crippen LogP contribution in [0.25, 0.3) is 82.1 Å². The maximum Gasteiger partial charge on any atom is 0.179 e. The van der Waals surface area contributed by atoms with Crippen molar-refractivity contribution in [3.63, 3.8) is 0 Å². The van der Waals surface area contributed by atoms with E-state index in [-0.39, 0.29) is 11.3 Å². The number of benzene rings is 11. The molecule has 15 rings (SSSR count). The van der Waals surface area contributed by atoms with Crippen LogP contribution < -0.4 is 30.4 Å². The molecular formula is C80H66N4OSi. The average Bonchev–Trinajstić information content (AvgIpc) is 1.46. The summed E-state index contributed by atoms with van der Waals surface area (Å²) in [6, 6.07) is 99.9. The molecule has 416 valence electrons. The van der Waals surface area contributed by atoms with Gasteiger partial charge in [0.2, 0.25) is 0 Å². The summed E-state index contributed by atoms with van der Waals surface area (Å²) in [7, 11) is -3.00. The van der Waals surface area contributed by atoms with E-state index in [0.717, 1.165) is 55.2 Å². The van der Waals surface area contributed by atoms with Gasteiger partial charge in [0.15, 0.2) is 8.07 Å². The molecule has 0 saturated carbocycles. The van der Waals surface area contributed by atoms with Crippen molar-refractivity contribution < 1.29 is 7.48 Å². The summed E-state index contributed by atoms with van der Waals surface area (Å²) in [6.07, 6.45) is 0.185. The Hall–Kier alpha value is -10.0. The Morgan fingerprint density at radius 3 is 1.66 bits per heavy atom. The summed E-state index contributed by atoms with van der Waals surface area (Å²) in [5.41, 5.74) is 10.3. The van der Waals surface area contributed by atoms with E-state index in [1.54, 1.807) is 12.3 Å². The molecule has 0 bridgehead atoms. The quantitative estimate of drug-likeness (QED) is 0.0956. The van der Waals surface area contributed by atoms with E-state index in [2.05, 4.69) is 277 Å². The highest BCUT2D eigenvalue weighted by Crippen LogP contribution is 2.46. The van der Waals surface area contributed by atoms with Gasteiger partial charge in [0, 0.05) is 53.9 Å². The van der Waals surface area contributed by atoms with Gasteiger partial charge in [-0.05, 0) is 125 Å². The van der Waals surface area contributed by atoms with Crippen LogP contribution in [-0.2, 0) is 18.5 Å². The molecule has 0 N–H and O–H groups in total. The fourth-order valence-electron chi connectivity index (χ4n) is 13.7. The average molecular weight is 1130 g/mol. The summed E-state index contributed by atoms with van der Waals surface area (Å²) in [5.74, 6) is 1.82. The van der Waals surface area contributed by atoms with Crippen molar-refractivity contribution in [3.8, 4) is 28.4 Å². The standard InChI is InChI=1S/C80H66N4OSi/c1-54(2)46-55-44-45-81-77(47-55)84-74-40-20-19-36-70(74)71-43-42-60(52-76(71)84)85-59-25-21-24-58(51-59)82-53-83-78-65(37-22-38-72(78)68-34-17-15-32-66(68)67-33-16-18-35-69(67)73-39-23-41-75(82)79(73)83)56-48-57(80(3,4)5)50-64(49-56)86(61-26-9-6-10-27-61,62-28-11-7-12-29-62)63-30-13-8-14-31-63/h6-45,47-52,54H,46,53H2,1-5H3/i46D2. The number of para-hydroxylation sites is 3. The van der Waals surface area contributed by atoms with Crippen LogP contribution in [0.5, 0.6) is 11.5 Å². The van der Waals surface area contributed by atoms with E-state index in [1.807, 2.05) is 38.1 Å². The third-order valence-corrected chi connectivity index (χ3v) is 22.2. The van der Waals surface area contributed by atoms with Crippen molar-refractivity contribution in [1.82, 2.24) is 14.1 Å². The Bertz CT molecular complexity index is 5010. The van der Waals surface area contributed by atoms with Crippen LogP contribution in [0.3, 0.4) is 0 Å². The van der Waals surface area contributed by atoms with Gasteiger partial charge in [0.25, 0.3) is 0 Å². The lowest BCUT2D eigenvalue weighted by Crippen LogP contribution is -2.74. The predicted molar refractivity (Wildman–Crippen MR) is 366 cm³/mol. The van der Waals surface area contributed by atoms with Crippen LogP contribution in [0, 0.1) is 5.92 Å². The van der Waals surface area contributed by atoms with Crippen molar-refractivity contribution in [1.29, 1.82) is 0 Å². The second-order valence-electron chi connectivity index (χ2n) is 24.2. The summed E-state index contributed by atoms with van der Waals surface area (Å²) in [4.78, 5) is 7.30. The predicted octanol–water partition coefficient (Wildman–Crippen LogP) is 18.2. The van der Waals surface area contributed by atoms with Gasteiger partial charge in [-0.15, -0.1) is 0 Å². The molecule has 0 radical (unpaired) electrons. The zero-order valence-electron chi connectivity index (χ0n) is 51.0. The lowest BCUT2D eigenvalue weighted by Gasteiger charge is -2.36. The Kier molecular flexibility index (Phi) is 12.5. The fourth-order valence-corrected chi connectivity index (χ4v) is 18.5. The molecule has 11 aromatic carbocycles. The zero-order valence-corrected chi connectivity index (χ0v) is 50.0. The van der Waals surface area contributed by atoms with Crippen LogP contribution >= 0.6 is 0 Å². The minimum Gasteiger partial charge on any atom is -0.457 e. The highest BCUT2D eigenvalue weighted by atomic mass is 28.3. The van der Waals surface area contributed by atoms with Gasteiger partial charge in [-0.1, -0.05) is 247 Å². The molecule has 4 heterocycles. The summed E-state index contributed by atoms with van der Waals surface area (Å²) >= 11 is 0. The van der Waals surface area contributed by atoms with Gasteiger partial charge < -0.3 is 14.2 Å². The van der Waals surface area contributed by atoms with Gasteiger partial charge >= 0.3 is 0 Å². The van der Waals surface area contributed by atoms with E-state index in [1.165, 1.54) is 58.8 Å².